The summed E-state index contributed by atoms with van der Waals surface area (Å²) in [7, 11) is 0.449. The third kappa shape index (κ3) is 4.05. The van der Waals surface area contributed by atoms with Gasteiger partial charge in [0.05, 0.1) is 17.8 Å². The van der Waals surface area contributed by atoms with Gasteiger partial charge < -0.3 is 17.0 Å². The van der Waals surface area contributed by atoms with Crippen LogP contribution < -0.4 is 17.0 Å². The third-order valence-electron chi connectivity index (χ3n) is 1.88. The maximum absolute atomic E-state index is 3.56. The number of rotatable bonds is 3. The van der Waals surface area contributed by atoms with Gasteiger partial charge in [-0.1, -0.05) is 46.3 Å². The van der Waals surface area contributed by atoms with E-state index in [0.29, 0.717) is 16.1 Å². The van der Waals surface area contributed by atoms with Crippen molar-refractivity contribution in [3.63, 3.8) is 0 Å². The van der Waals surface area contributed by atoms with Crippen LogP contribution in [0.1, 0.15) is 10.8 Å². The maximum atomic E-state index is 3.56. The van der Waals surface area contributed by atoms with Crippen molar-refractivity contribution in [1.82, 2.24) is 0 Å². The zero-order chi connectivity index (χ0) is 8.97. The summed E-state index contributed by atoms with van der Waals surface area (Å²) >= 11 is 3.56. The molecule has 0 radical (unpaired) electrons. The fourth-order valence-corrected chi connectivity index (χ4v) is 4.07. The molecule has 0 saturated carbocycles. The van der Waals surface area contributed by atoms with Crippen molar-refractivity contribution in [1.29, 1.82) is 0 Å². The summed E-state index contributed by atoms with van der Waals surface area (Å²) in [5.41, 5.74) is 1.45. The first-order chi connectivity index (χ1) is 5.75. The summed E-state index contributed by atoms with van der Waals surface area (Å²) in [6.07, 6.45) is 4.58. The Morgan fingerprint density at radius 3 is 2.15 bits per heavy atom. The van der Waals surface area contributed by atoms with Gasteiger partial charge in [0.2, 0.25) is 0 Å². The van der Waals surface area contributed by atoms with Crippen molar-refractivity contribution in [2.24, 2.45) is 0 Å². The zero-order valence-corrected chi connectivity index (χ0v) is 11.8. The van der Waals surface area contributed by atoms with Gasteiger partial charge in [-0.15, -0.1) is 0 Å². The lowest BCUT2D eigenvalue weighted by molar-refractivity contribution is -0.00000245. The van der Waals surface area contributed by atoms with Crippen LogP contribution >= 0.6 is 15.9 Å². The van der Waals surface area contributed by atoms with Crippen molar-refractivity contribution in [3.8, 4) is 0 Å². The van der Waals surface area contributed by atoms with Crippen LogP contribution in [0, 0.1) is 0 Å². The summed E-state index contributed by atoms with van der Waals surface area (Å²) in [4.78, 5) is 0. The van der Waals surface area contributed by atoms with E-state index in [1.165, 1.54) is 5.56 Å². The van der Waals surface area contributed by atoms with Gasteiger partial charge in [0.1, 0.15) is 0 Å². The number of halogens is 2. The third-order valence-corrected chi connectivity index (χ3v) is 4.53. The molecule has 0 bridgehead atoms. The van der Waals surface area contributed by atoms with Gasteiger partial charge in [0, 0.05) is 5.56 Å². The molecular formula is C10H14Br2S. The Hall–Kier alpha value is 0.530. The van der Waals surface area contributed by atoms with Crippen LogP contribution in [0.4, 0.5) is 0 Å². The summed E-state index contributed by atoms with van der Waals surface area (Å²) in [5, 5.41) is 1.74. The topological polar surface area (TPSA) is 0 Å². The molecule has 0 saturated heterocycles. The van der Waals surface area contributed by atoms with E-state index in [0.717, 1.165) is 5.33 Å². The van der Waals surface area contributed by atoms with Crippen molar-refractivity contribution >= 4 is 26.8 Å². The molecular weight excluding hydrogens is 312 g/mol. The van der Waals surface area contributed by atoms with E-state index >= 15 is 0 Å². The second kappa shape index (κ2) is 6.91. The zero-order valence-electron chi connectivity index (χ0n) is 7.84. The van der Waals surface area contributed by atoms with Crippen LogP contribution in [-0.4, -0.2) is 17.8 Å². The highest BCUT2D eigenvalue weighted by Crippen LogP contribution is 2.23. The molecule has 0 spiro atoms. The number of hydrogen-bond donors (Lipinski definition) is 0. The Morgan fingerprint density at radius 2 is 1.77 bits per heavy atom. The molecule has 0 aliphatic carbocycles. The summed E-state index contributed by atoms with van der Waals surface area (Å²) in [6, 6.07) is 10.7. The van der Waals surface area contributed by atoms with Crippen LogP contribution in [0.15, 0.2) is 30.3 Å². The van der Waals surface area contributed by atoms with Gasteiger partial charge in [-0.25, -0.2) is 0 Å². The largest absolute Gasteiger partial charge is 1.00 e. The first kappa shape index (κ1) is 13.5. The van der Waals surface area contributed by atoms with Crippen molar-refractivity contribution < 1.29 is 17.0 Å². The lowest BCUT2D eigenvalue weighted by atomic mass is 10.2. The predicted octanol–water partition coefficient (Wildman–Crippen LogP) is 0.00450. The predicted molar refractivity (Wildman–Crippen MR) is 62.2 cm³/mol. The molecule has 0 aliphatic heterocycles. The molecule has 3 heteroatoms. The molecule has 1 atom stereocenters. The van der Waals surface area contributed by atoms with E-state index in [9.17, 15) is 0 Å². The average Bonchev–Trinajstić information content (AvgIpc) is 2.07. The number of hydrogen-bond acceptors (Lipinski definition) is 0. The highest BCUT2D eigenvalue weighted by atomic mass is 79.9. The van der Waals surface area contributed by atoms with E-state index < -0.39 is 0 Å². The van der Waals surface area contributed by atoms with Crippen LogP contribution in [0.5, 0.6) is 0 Å². The molecule has 0 aliphatic rings. The molecule has 74 valence electrons. The van der Waals surface area contributed by atoms with Gasteiger partial charge in [0.25, 0.3) is 0 Å². The maximum Gasteiger partial charge on any atom is 0.152 e. The Kier molecular flexibility index (Phi) is 7.19. The minimum absolute atomic E-state index is 0. The molecule has 1 aromatic rings. The molecule has 0 amide bonds. The molecule has 0 nitrogen and oxygen atoms in total. The second-order valence-corrected chi connectivity index (χ2v) is 5.91. The minimum Gasteiger partial charge on any atom is -1.00 e. The molecule has 1 unspecified atom stereocenters. The van der Waals surface area contributed by atoms with Gasteiger partial charge in [0.15, 0.2) is 5.25 Å². The highest BCUT2D eigenvalue weighted by Gasteiger charge is 2.21. The monoisotopic (exact) mass is 324 g/mol. The van der Waals surface area contributed by atoms with E-state index in [1.807, 2.05) is 0 Å². The smallest absolute Gasteiger partial charge is 0.152 e. The van der Waals surface area contributed by atoms with Crippen molar-refractivity contribution in [2.75, 3.05) is 17.8 Å². The lowest BCUT2D eigenvalue weighted by Crippen LogP contribution is -3.00. The fraction of sp³-hybridized carbons (Fsp3) is 0.400. The highest BCUT2D eigenvalue weighted by molar-refractivity contribution is 9.09. The molecule has 0 fully saturated rings. The Bertz CT molecular complexity index is 224. The molecule has 1 aromatic carbocycles. The normalized spacial score (nSPS) is 12.3. The molecule has 0 heterocycles. The SMILES string of the molecule is C[S+](C)C(CBr)c1ccccc1.[Br-]. The van der Waals surface area contributed by atoms with Crippen LogP contribution in [0.2, 0.25) is 0 Å². The Morgan fingerprint density at radius 1 is 1.23 bits per heavy atom. The average molecular weight is 326 g/mol. The molecule has 1 rings (SSSR count). The molecule has 0 aromatic heterocycles. The van der Waals surface area contributed by atoms with E-state index in [4.69, 9.17) is 0 Å². The van der Waals surface area contributed by atoms with Crippen LogP contribution in [0.25, 0.3) is 0 Å². The molecule has 13 heavy (non-hydrogen) atoms. The first-order valence-electron chi connectivity index (χ1n) is 3.93. The Labute approximate surface area is 102 Å². The minimum atomic E-state index is 0. The Balaban J connectivity index is 0.00000144. The van der Waals surface area contributed by atoms with Crippen LogP contribution in [0.3, 0.4) is 0 Å². The van der Waals surface area contributed by atoms with E-state index in [1.54, 1.807) is 0 Å². The fourth-order valence-electron chi connectivity index (χ4n) is 1.15. The van der Waals surface area contributed by atoms with Crippen molar-refractivity contribution in [3.05, 3.63) is 35.9 Å². The standard InChI is InChI=1S/C10H14BrS.BrH/c1-12(2)10(8-11)9-6-4-3-5-7-9;/h3-7,10H,8H2,1-2H3;1H/q+1;/p-1. The van der Waals surface area contributed by atoms with E-state index in [-0.39, 0.29) is 17.0 Å². The van der Waals surface area contributed by atoms with Crippen molar-refractivity contribution in [2.45, 2.75) is 5.25 Å². The summed E-state index contributed by atoms with van der Waals surface area (Å²) in [5.74, 6) is 0. The quantitative estimate of drug-likeness (QED) is 0.542. The molecule has 0 N–H and O–H groups in total. The van der Waals surface area contributed by atoms with Gasteiger partial charge in [-0.05, 0) is 10.9 Å². The number of alkyl halides is 1. The lowest BCUT2D eigenvalue weighted by Gasteiger charge is -2.10. The van der Waals surface area contributed by atoms with E-state index in [2.05, 4.69) is 58.8 Å². The van der Waals surface area contributed by atoms with Gasteiger partial charge >= 0.3 is 0 Å². The van der Waals surface area contributed by atoms with Crippen LogP contribution in [-0.2, 0) is 10.9 Å². The summed E-state index contributed by atoms with van der Waals surface area (Å²) < 4.78 is 0. The number of benzene rings is 1. The second-order valence-electron chi connectivity index (χ2n) is 2.93. The summed E-state index contributed by atoms with van der Waals surface area (Å²) in [6.45, 7) is 0. The van der Waals surface area contributed by atoms with Gasteiger partial charge in [-0.2, -0.15) is 0 Å². The van der Waals surface area contributed by atoms with Gasteiger partial charge in [-0.3, -0.25) is 0 Å². The first-order valence-corrected chi connectivity index (χ1v) is 7.15.